The molecule has 0 atom stereocenters. The highest BCUT2D eigenvalue weighted by atomic mass is 35.5. The molecule has 0 aliphatic carbocycles. The first-order valence-corrected chi connectivity index (χ1v) is 12.8. The van der Waals surface area contributed by atoms with Crippen LogP contribution in [-0.2, 0) is 9.47 Å². The average molecular weight is 501 g/mol. The quantitative estimate of drug-likeness (QED) is 0.107. The maximum Gasteiger partial charge on any atom is 0.513 e. The molecule has 3 aromatic carbocycles. The summed E-state index contributed by atoms with van der Waals surface area (Å²) in [5.41, 5.74) is 0. The Morgan fingerprint density at radius 2 is 1.14 bits per heavy atom. The van der Waals surface area contributed by atoms with Crippen LogP contribution in [0, 0.1) is 0 Å². The summed E-state index contributed by atoms with van der Waals surface area (Å²) in [5.74, 6) is 0.628. The Morgan fingerprint density at radius 1 is 0.657 bits per heavy atom. The van der Waals surface area contributed by atoms with Gasteiger partial charge in [-0.05, 0) is 31.0 Å². The van der Waals surface area contributed by atoms with E-state index in [2.05, 4.69) is 13.8 Å². The van der Waals surface area contributed by atoms with Gasteiger partial charge >= 0.3 is 12.3 Å². The van der Waals surface area contributed by atoms with Crippen LogP contribution in [0.1, 0.15) is 65.2 Å². The molecule has 0 N–H and O–H groups in total. The minimum atomic E-state index is -0.784. The van der Waals surface area contributed by atoms with Gasteiger partial charge in [0.1, 0.15) is 5.75 Å². The van der Waals surface area contributed by atoms with E-state index in [9.17, 15) is 9.59 Å². The van der Waals surface area contributed by atoms with Crippen molar-refractivity contribution in [2.24, 2.45) is 0 Å². The Bertz CT molecular complexity index is 1140. The van der Waals surface area contributed by atoms with Gasteiger partial charge in [-0.2, -0.15) is 0 Å². The summed E-state index contributed by atoms with van der Waals surface area (Å²) in [5, 5.41) is 2.76. The number of ether oxygens (including phenoxy) is 4. The van der Waals surface area contributed by atoms with Gasteiger partial charge in [-0.3, -0.25) is 0 Å². The summed E-state index contributed by atoms with van der Waals surface area (Å²) in [6.45, 7) is 4.84. The molecule has 0 fully saturated rings. The normalized spacial score (nSPS) is 10.9. The molecular weight excluding hydrogens is 468 g/mol. The number of carbonyl (C=O) groups is 2. The standard InChI is InChI=1S/C28H33ClO6/c1-3-5-7-11-17-32-27(30)34-25-21-13-9-10-14-22(21)26(24-19-20(29)15-16-23(24)25)35-28(31)33-18-12-8-6-4-2/h9-10,13-16,19H,3-8,11-12,17-18H2,1-2H3. The summed E-state index contributed by atoms with van der Waals surface area (Å²) in [6.07, 6.45) is 6.38. The van der Waals surface area contributed by atoms with E-state index in [1.54, 1.807) is 30.3 Å². The third-order valence-electron chi connectivity index (χ3n) is 5.69. The second-order valence-electron chi connectivity index (χ2n) is 8.42. The topological polar surface area (TPSA) is 71.1 Å². The van der Waals surface area contributed by atoms with Crippen LogP contribution in [0.4, 0.5) is 9.59 Å². The minimum Gasteiger partial charge on any atom is -0.434 e. The van der Waals surface area contributed by atoms with Crippen LogP contribution in [0.2, 0.25) is 5.02 Å². The first-order valence-electron chi connectivity index (χ1n) is 12.4. The van der Waals surface area contributed by atoms with Crippen LogP contribution >= 0.6 is 11.6 Å². The van der Waals surface area contributed by atoms with E-state index in [0.717, 1.165) is 51.4 Å². The second kappa shape index (κ2) is 13.8. The number of hydrogen-bond donors (Lipinski definition) is 0. The van der Waals surface area contributed by atoms with E-state index in [1.165, 1.54) is 0 Å². The van der Waals surface area contributed by atoms with Crippen molar-refractivity contribution in [2.45, 2.75) is 65.2 Å². The smallest absolute Gasteiger partial charge is 0.434 e. The Labute approximate surface area is 211 Å². The predicted molar refractivity (Wildman–Crippen MR) is 139 cm³/mol. The predicted octanol–water partition coefficient (Wildman–Crippen LogP) is 8.84. The van der Waals surface area contributed by atoms with Crippen molar-refractivity contribution >= 4 is 45.5 Å². The van der Waals surface area contributed by atoms with Gasteiger partial charge in [-0.1, -0.05) is 88.2 Å². The number of hydrogen-bond acceptors (Lipinski definition) is 6. The van der Waals surface area contributed by atoms with Gasteiger partial charge in [0, 0.05) is 26.6 Å². The van der Waals surface area contributed by atoms with E-state index in [4.69, 9.17) is 30.5 Å². The molecule has 6 nitrogen and oxygen atoms in total. The van der Waals surface area contributed by atoms with Crippen LogP contribution in [0.25, 0.3) is 21.5 Å². The van der Waals surface area contributed by atoms with Gasteiger partial charge in [0.25, 0.3) is 0 Å². The number of rotatable bonds is 12. The molecular formula is C28H33ClO6. The van der Waals surface area contributed by atoms with Crippen LogP contribution in [0.3, 0.4) is 0 Å². The Morgan fingerprint density at radius 3 is 1.66 bits per heavy atom. The average Bonchev–Trinajstić information content (AvgIpc) is 2.85. The van der Waals surface area contributed by atoms with E-state index >= 15 is 0 Å². The zero-order chi connectivity index (χ0) is 25.0. The lowest BCUT2D eigenvalue weighted by Crippen LogP contribution is -2.14. The number of unbranched alkanes of at least 4 members (excludes halogenated alkanes) is 6. The highest BCUT2D eigenvalue weighted by molar-refractivity contribution is 6.31. The first-order chi connectivity index (χ1) is 17.0. The third kappa shape index (κ3) is 7.49. The first kappa shape index (κ1) is 26.6. The molecule has 7 heteroatoms. The van der Waals surface area contributed by atoms with Crippen molar-refractivity contribution in [3.05, 3.63) is 47.5 Å². The molecule has 0 unspecified atom stereocenters. The molecule has 0 saturated heterocycles. The molecule has 0 heterocycles. The van der Waals surface area contributed by atoms with Gasteiger partial charge in [-0.15, -0.1) is 0 Å². The lowest BCUT2D eigenvalue weighted by molar-refractivity contribution is 0.0965. The van der Waals surface area contributed by atoms with Crippen LogP contribution in [-0.4, -0.2) is 25.5 Å². The summed E-state index contributed by atoms with van der Waals surface area (Å²) >= 11 is 6.27. The van der Waals surface area contributed by atoms with E-state index in [1.807, 2.05) is 12.1 Å². The van der Waals surface area contributed by atoms with Gasteiger partial charge in [-0.25, -0.2) is 9.59 Å². The van der Waals surface area contributed by atoms with Gasteiger partial charge < -0.3 is 18.9 Å². The van der Waals surface area contributed by atoms with Crippen molar-refractivity contribution in [1.29, 1.82) is 0 Å². The third-order valence-corrected chi connectivity index (χ3v) is 5.93. The Hall–Kier alpha value is -2.99. The van der Waals surface area contributed by atoms with Gasteiger partial charge in [0.15, 0.2) is 5.75 Å². The number of fused-ring (bicyclic) bond motifs is 2. The van der Waals surface area contributed by atoms with Gasteiger partial charge in [0.05, 0.1) is 13.2 Å². The highest BCUT2D eigenvalue weighted by Crippen LogP contribution is 2.43. The van der Waals surface area contributed by atoms with Crippen molar-refractivity contribution in [3.63, 3.8) is 0 Å². The molecule has 0 saturated carbocycles. The fraction of sp³-hybridized carbons (Fsp3) is 0.429. The minimum absolute atomic E-state index is 0.292. The Balaban J connectivity index is 1.88. The van der Waals surface area contributed by atoms with E-state index in [-0.39, 0.29) is 0 Å². The second-order valence-corrected chi connectivity index (χ2v) is 8.85. The van der Waals surface area contributed by atoms with E-state index < -0.39 is 12.3 Å². The summed E-state index contributed by atoms with van der Waals surface area (Å²) in [4.78, 5) is 25.0. The van der Waals surface area contributed by atoms with Crippen LogP contribution in [0.5, 0.6) is 11.5 Å². The molecule has 0 aromatic heterocycles. The number of halogens is 1. The van der Waals surface area contributed by atoms with Crippen LogP contribution < -0.4 is 9.47 Å². The highest BCUT2D eigenvalue weighted by Gasteiger charge is 2.21. The fourth-order valence-corrected chi connectivity index (χ4v) is 4.06. The zero-order valence-electron chi connectivity index (χ0n) is 20.4. The summed E-state index contributed by atoms with van der Waals surface area (Å²) in [7, 11) is 0. The molecule has 0 bridgehead atoms. The molecule has 0 aliphatic heterocycles. The van der Waals surface area contributed by atoms with Crippen molar-refractivity contribution in [2.75, 3.05) is 13.2 Å². The molecule has 188 valence electrons. The SMILES string of the molecule is CCCCCCOC(=O)Oc1c2ccccc2c(OC(=O)OCCCCCC)c2cc(Cl)ccc12. The maximum absolute atomic E-state index is 12.5. The number of carbonyl (C=O) groups excluding carboxylic acids is 2. The van der Waals surface area contributed by atoms with Crippen LogP contribution in [0.15, 0.2) is 42.5 Å². The molecule has 3 aromatic rings. The number of benzene rings is 3. The van der Waals surface area contributed by atoms with Crippen molar-refractivity contribution < 1.29 is 28.5 Å². The van der Waals surface area contributed by atoms with E-state index in [0.29, 0.717) is 51.3 Å². The van der Waals surface area contributed by atoms with Gasteiger partial charge in [0.2, 0.25) is 0 Å². The summed E-state index contributed by atoms with van der Waals surface area (Å²) < 4.78 is 21.9. The Kier molecular flexibility index (Phi) is 10.5. The summed E-state index contributed by atoms with van der Waals surface area (Å²) in [6, 6.07) is 12.3. The zero-order valence-corrected chi connectivity index (χ0v) is 21.2. The molecule has 0 radical (unpaired) electrons. The lowest BCUT2D eigenvalue weighted by Gasteiger charge is -2.16. The monoisotopic (exact) mass is 500 g/mol. The largest absolute Gasteiger partial charge is 0.513 e. The molecule has 0 spiro atoms. The fourth-order valence-electron chi connectivity index (χ4n) is 3.89. The molecule has 35 heavy (non-hydrogen) atoms. The molecule has 3 rings (SSSR count). The lowest BCUT2D eigenvalue weighted by atomic mass is 10.0. The molecule has 0 aliphatic rings. The van der Waals surface area contributed by atoms with Crippen molar-refractivity contribution in [3.8, 4) is 11.5 Å². The van der Waals surface area contributed by atoms with Crippen molar-refractivity contribution in [1.82, 2.24) is 0 Å². The molecule has 0 amide bonds. The maximum atomic E-state index is 12.5.